The van der Waals surface area contributed by atoms with Gasteiger partial charge in [0, 0.05) is 12.5 Å². The van der Waals surface area contributed by atoms with Crippen molar-refractivity contribution in [2.45, 2.75) is 12.2 Å². The third-order valence-corrected chi connectivity index (χ3v) is 3.98. The lowest BCUT2D eigenvalue weighted by Gasteiger charge is -2.01. The van der Waals surface area contributed by atoms with Crippen LogP contribution in [0.15, 0.2) is 22.9 Å². The molecule has 0 fully saturated rings. The molecule has 8 heteroatoms. The molecular weight excluding hydrogens is 256 g/mol. The Morgan fingerprint density at radius 1 is 1.44 bits per heavy atom. The Kier molecular flexibility index (Phi) is 3.04. The van der Waals surface area contributed by atoms with E-state index >= 15 is 0 Å². The molecule has 7 nitrogen and oxygen atoms in total. The first kappa shape index (κ1) is 12.5. The molecule has 2 rings (SSSR count). The Hall–Kier alpha value is -1.96. The molecule has 1 unspecified atom stereocenters. The molecule has 0 aromatic carbocycles. The molecule has 18 heavy (non-hydrogen) atoms. The van der Waals surface area contributed by atoms with Crippen LogP contribution in [-0.2, 0) is 9.84 Å². The maximum absolute atomic E-state index is 11.4. The zero-order valence-electron chi connectivity index (χ0n) is 9.86. The van der Waals surface area contributed by atoms with Crippen molar-refractivity contribution in [2.75, 3.05) is 12.0 Å². The molecule has 2 aromatic heterocycles. The van der Waals surface area contributed by atoms with Gasteiger partial charge in [0.05, 0.1) is 5.69 Å². The van der Waals surface area contributed by atoms with E-state index in [9.17, 15) is 8.42 Å². The number of nitrogens with two attached hydrogens (primary N) is 1. The number of hydrogen-bond acceptors (Lipinski definition) is 7. The highest BCUT2D eigenvalue weighted by molar-refractivity contribution is 7.90. The summed E-state index contributed by atoms with van der Waals surface area (Å²) >= 11 is 0. The second-order valence-corrected chi connectivity index (χ2v) is 6.24. The number of sulfone groups is 1. The molecule has 0 bridgehead atoms. The smallest absolute Gasteiger partial charge is 0.278 e. The predicted octanol–water partition coefficient (Wildman–Crippen LogP) is 0.819. The average molecular weight is 268 g/mol. The number of nitrogen functional groups attached to an aromatic ring is 1. The van der Waals surface area contributed by atoms with E-state index in [1.165, 1.54) is 13.1 Å². The summed E-state index contributed by atoms with van der Waals surface area (Å²) in [7, 11) is -3.27. The van der Waals surface area contributed by atoms with Crippen LogP contribution in [-0.4, -0.2) is 29.8 Å². The third-order valence-electron chi connectivity index (χ3n) is 2.49. The van der Waals surface area contributed by atoms with Crippen molar-refractivity contribution in [3.63, 3.8) is 0 Å². The summed E-state index contributed by atoms with van der Waals surface area (Å²) in [4.78, 5) is 8.02. The summed E-state index contributed by atoms with van der Waals surface area (Å²) in [5, 5.41) is 2.81. The first-order valence-corrected chi connectivity index (χ1v) is 7.08. The van der Waals surface area contributed by atoms with Gasteiger partial charge in [-0.15, -0.1) is 0 Å². The van der Waals surface area contributed by atoms with Crippen molar-refractivity contribution in [1.82, 2.24) is 15.1 Å². The van der Waals surface area contributed by atoms with E-state index in [0.717, 1.165) is 6.26 Å². The molecule has 0 radical (unpaired) electrons. The van der Waals surface area contributed by atoms with Gasteiger partial charge in [-0.1, -0.05) is 5.16 Å². The minimum absolute atomic E-state index is 0.0950. The van der Waals surface area contributed by atoms with Crippen LogP contribution in [0.3, 0.4) is 0 Å². The summed E-state index contributed by atoms with van der Waals surface area (Å²) in [5.41, 5.74) is 6.45. The highest BCUT2D eigenvalue weighted by Crippen LogP contribution is 2.24. The molecule has 0 saturated heterocycles. The highest BCUT2D eigenvalue weighted by atomic mass is 32.2. The van der Waals surface area contributed by atoms with Gasteiger partial charge in [0.2, 0.25) is 0 Å². The van der Waals surface area contributed by atoms with Crippen LogP contribution < -0.4 is 5.73 Å². The minimum atomic E-state index is -3.27. The maximum Gasteiger partial charge on any atom is 0.278 e. The predicted molar refractivity (Wildman–Crippen MR) is 65.2 cm³/mol. The van der Waals surface area contributed by atoms with Gasteiger partial charge in [-0.25, -0.2) is 13.4 Å². The van der Waals surface area contributed by atoms with Crippen LogP contribution in [0.4, 0.5) is 5.69 Å². The topological polar surface area (TPSA) is 112 Å². The Bertz CT molecular complexity index is 665. The van der Waals surface area contributed by atoms with Crippen LogP contribution in [0, 0.1) is 0 Å². The Labute approximate surface area is 104 Å². The van der Waals surface area contributed by atoms with Gasteiger partial charge in [0.1, 0.15) is 5.25 Å². The fraction of sp³-hybridized carbons (Fsp3) is 0.300. The van der Waals surface area contributed by atoms with Gasteiger partial charge in [0.15, 0.2) is 21.4 Å². The van der Waals surface area contributed by atoms with Crippen molar-refractivity contribution >= 4 is 15.5 Å². The number of hydrogen-bond donors (Lipinski definition) is 1. The Balaban J connectivity index is 2.41. The van der Waals surface area contributed by atoms with Crippen LogP contribution in [0.2, 0.25) is 0 Å². The molecule has 2 N–H and O–H groups in total. The molecule has 1 atom stereocenters. The molecule has 0 aliphatic heterocycles. The van der Waals surface area contributed by atoms with E-state index in [1.807, 2.05) is 0 Å². The largest absolute Gasteiger partial charge is 0.397 e. The first-order chi connectivity index (χ1) is 8.39. The normalized spacial score (nSPS) is 13.4. The standard InChI is InChI=1S/C10H12N4O3S/c1-6(18(2,15)16)9-13-10(17-14-9)8-7(11)4-3-5-12-8/h3-6H,11H2,1-2H3. The number of anilines is 1. The number of rotatable bonds is 3. The van der Waals surface area contributed by atoms with Gasteiger partial charge in [-0.3, -0.25) is 0 Å². The zero-order chi connectivity index (χ0) is 13.3. The molecule has 0 aliphatic carbocycles. The van der Waals surface area contributed by atoms with Gasteiger partial charge in [0.25, 0.3) is 5.89 Å². The third kappa shape index (κ3) is 2.33. The van der Waals surface area contributed by atoms with E-state index < -0.39 is 15.1 Å². The minimum Gasteiger partial charge on any atom is -0.397 e. The van der Waals surface area contributed by atoms with Crippen molar-refractivity contribution in [2.24, 2.45) is 0 Å². The lowest BCUT2D eigenvalue weighted by atomic mass is 10.3. The van der Waals surface area contributed by atoms with Gasteiger partial charge < -0.3 is 10.3 Å². The van der Waals surface area contributed by atoms with Crippen molar-refractivity contribution in [1.29, 1.82) is 0 Å². The summed E-state index contributed by atoms with van der Waals surface area (Å²) in [6, 6.07) is 3.32. The van der Waals surface area contributed by atoms with Crippen LogP contribution in [0.5, 0.6) is 0 Å². The SMILES string of the molecule is CC(c1noc(-c2ncccc2N)n1)S(C)(=O)=O. The van der Waals surface area contributed by atoms with Gasteiger partial charge >= 0.3 is 0 Å². The van der Waals surface area contributed by atoms with Crippen LogP contribution in [0.1, 0.15) is 18.0 Å². The molecular formula is C10H12N4O3S. The summed E-state index contributed by atoms with van der Waals surface area (Å²) in [5.74, 6) is 0.205. The summed E-state index contributed by atoms with van der Waals surface area (Å²) in [6.45, 7) is 1.49. The van der Waals surface area contributed by atoms with Gasteiger partial charge in [-0.2, -0.15) is 4.98 Å². The molecule has 0 spiro atoms. The van der Waals surface area contributed by atoms with Gasteiger partial charge in [-0.05, 0) is 19.1 Å². The van der Waals surface area contributed by atoms with E-state index in [0.29, 0.717) is 11.4 Å². The molecule has 0 amide bonds. The number of aromatic nitrogens is 3. The van der Waals surface area contributed by atoms with Crippen molar-refractivity contribution < 1.29 is 12.9 Å². The molecule has 2 heterocycles. The molecule has 0 aliphatic rings. The second kappa shape index (κ2) is 4.37. The quantitative estimate of drug-likeness (QED) is 0.876. The lowest BCUT2D eigenvalue weighted by molar-refractivity contribution is 0.421. The fourth-order valence-corrected chi connectivity index (χ4v) is 1.76. The van der Waals surface area contributed by atoms with Crippen molar-refractivity contribution in [3.05, 3.63) is 24.2 Å². The van der Waals surface area contributed by atoms with E-state index in [1.54, 1.807) is 12.1 Å². The first-order valence-electron chi connectivity index (χ1n) is 5.13. The van der Waals surface area contributed by atoms with Crippen LogP contribution in [0.25, 0.3) is 11.6 Å². The zero-order valence-corrected chi connectivity index (χ0v) is 10.7. The molecule has 2 aromatic rings. The molecule has 96 valence electrons. The van der Waals surface area contributed by atoms with Crippen LogP contribution >= 0.6 is 0 Å². The Morgan fingerprint density at radius 2 is 2.17 bits per heavy atom. The van der Waals surface area contributed by atoms with E-state index in [2.05, 4.69) is 15.1 Å². The van der Waals surface area contributed by atoms with E-state index in [4.69, 9.17) is 10.3 Å². The number of pyridine rings is 1. The second-order valence-electron chi connectivity index (χ2n) is 3.87. The highest BCUT2D eigenvalue weighted by Gasteiger charge is 2.24. The lowest BCUT2D eigenvalue weighted by Crippen LogP contribution is -2.09. The fourth-order valence-electron chi connectivity index (χ4n) is 1.28. The summed E-state index contributed by atoms with van der Waals surface area (Å²) in [6.07, 6.45) is 2.65. The Morgan fingerprint density at radius 3 is 2.78 bits per heavy atom. The molecule has 0 saturated carbocycles. The van der Waals surface area contributed by atoms with E-state index in [-0.39, 0.29) is 11.7 Å². The monoisotopic (exact) mass is 268 g/mol. The van der Waals surface area contributed by atoms with Crippen molar-refractivity contribution in [3.8, 4) is 11.6 Å². The number of nitrogens with zero attached hydrogens (tertiary/aromatic N) is 3. The average Bonchev–Trinajstić information content (AvgIpc) is 2.76. The summed E-state index contributed by atoms with van der Waals surface area (Å²) < 4.78 is 27.7. The maximum atomic E-state index is 11.4.